The van der Waals surface area contributed by atoms with E-state index in [4.69, 9.17) is 10.2 Å². The lowest BCUT2D eigenvalue weighted by atomic mass is 10.1. The average molecular weight is 422 g/mol. The molecule has 3 aromatic rings. The van der Waals surface area contributed by atoms with Crippen molar-refractivity contribution >= 4 is 29.5 Å². The molecule has 1 amide bonds. The summed E-state index contributed by atoms with van der Waals surface area (Å²) < 4.78 is 47.4. The third kappa shape index (κ3) is 4.32. The number of benzene rings is 1. The Balaban J connectivity index is 2.04. The molecule has 9 nitrogen and oxygen atoms in total. The molecule has 3 N–H and O–H groups in total. The van der Waals surface area contributed by atoms with Crippen molar-refractivity contribution in [1.29, 1.82) is 0 Å². The average Bonchev–Trinajstić information content (AvgIpc) is 3.30. The van der Waals surface area contributed by atoms with E-state index in [1.54, 1.807) is 12.1 Å². The normalized spacial score (nSPS) is 11.2. The van der Waals surface area contributed by atoms with Crippen LogP contribution in [0.4, 0.5) is 24.8 Å². The number of hydrogen-bond acceptors (Lipinski definition) is 7. The molecule has 0 aliphatic rings. The van der Waals surface area contributed by atoms with E-state index in [2.05, 4.69) is 15.0 Å². The Morgan fingerprint density at radius 2 is 1.97 bits per heavy atom. The number of ether oxygens (including phenoxy) is 1. The quantitative estimate of drug-likeness (QED) is 0.488. The van der Waals surface area contributed by atoms with Crippen molar-refractivity contribution in [3.05, 3.63) is 48.4 Å². The molecule has 2 aromatic heterocycles. The fourth-order valence-electron chi connectivity index (χ4n) is 2.48. The van der Waals surface area contributed by atoms with Crippen LogP contribution in [0.2, 0.25) is 0 Å². The molecule has 0 saturated carbocycles. The first kappa shape index (κ1) is 20.6. The molecule has 0 fully saturated rings. The predicted molar refractivity (Wildman–Crippen MR) is 96.5 cm³/mol. The summed E-state index contributed by atoms with van der Waals surface area (Å²) in [7, 11) is 0. The monoisotopic (exact) mass is 422 g/mol. The van der Waals surface area contributed by atoms with Crippen LogP contribution >= 0.6 is 0 Å². The van der Waals surface area contributed by atoms with Crippen LogP contribution in [0.5, 0.6) is 0 Å². The smallest absolute Gasteiger partial charge is 0.463 e. The highest BCUT2D eigenvalue weighted by atomic mass is 19.4. The molecule has 0 unspecified atom stereocenters. The lowest BCUT2D eigenvalue weighted by Gasteiger charge is -2.13. The van der Waals surface area contributed by atoms with E-state index >= 15 is 0 Å². The molecule has 3 rings (SSSR count). The van der Waals surface area contributed by atoms with Crippen molar-refractivity contribution in [2.45, 2.75) is 13.1 Å². The van der Waals surface area contributed by atoms with Gasteiger partial charge in [0, 0.05) is 13.1 Å². The number of alkyl halides is 3. The number of carbonyl (C=O) groups is 3. The van der Waals surface area contributed by atoms with Crippen molar-refractivity contribution in [2.75, 3.05) is 11.1 Å². The number of nitrogens with two attached hydrogens (primary N) is 1. The summed E-state index contributed by atoms with van der Waals surface area (Å²) >= 11 is 0. The van der Waals surface area contributed by atoms with Gasteiger partial charge in [0.05, 0.1) is 23.2 Å². The number of halogens is 3. The Morgan fingerprint density at radius 1 is 1.23 bits per heavy atom. The summed E-state index contributed by atoms with van der Waals surface area (Å²) in [6.07, 6.45) is -2.48. The van der Waals surface area contributed by atoms with Gasteiger partial charge in [-0.1, -0.05) is 0 Å². The van der Waals surface area contributed by atoms with Crippen LogP contribution in [-0.4, -0.2) is 33.6 Å². The molecule has 0 radical (unpaired) electrons. The van der Waals surface area contributed by atoms with Crippen molar-refractivity contribution < 1.29 is 36.7 Å². The number of nitrogen functional groups attached to an aromatic ring is 1. The summed E-state index contributed by atoms with van der Waals surface area (Å²) in [5.74, 6) is -4.32. The molecule has 0 bridgehead atoms. The third-order valence-corrected chi connectivity index (χ3v) is 3.73. The number of amides is 1. The molecular formula is C18H13F3N4O5. The van der Waals surface area contributed by atoms with Crippen molar-refractivity contribution in [1.82, 2.24) is 9.55 Å². The summed E-state index contributed by atoms with van der Waals surface area (Å²) in [5.41, 5.74) is 6.14. The van der Waals surface area contributed by atoms with Gasteiger partial charge in [0.1, 0.15) is 5.69 Å². The maximum Gasteiger partial charge on any atom is 0.491 e. The largest absolute Gasteiger partial charge is 0.491 e. The number of nitrogens with one attached hydrogen (secondary N) is 1. The molecule has 0 aliphatic heterocycles. The zero-order chi connectivity index (χ0) is 22.1. The number of aromatic nitrogens is 2. The molecule has 2 heterocycles. The number of anilines is 2. The third-order valence-electron chi connectivity index (χ3n) is 3.73. The first-order chi connectivity index (χ1) is 14.1. The maximum absolute atomic E-state index is 12.4. The van der Waals surface area contributed by atoms with E-state index in [9.17, 15) is 27.6 Å². The molecule has 0 aliphatic carbocycles. The molecule has 30 heavy (non-hydrogen) atoms. The minimum absolute atomic E-state index is 0.0649. The number of rotatable bonds is 4. The van der Waals surface area contributed by atoms with Gasteiger partial charge in [-0.3, -0.25) is 9.36 Å². The molecule has 12 heteroatoms. The Kier molecular flexibility index (Phi) is 5.32. The number of hydrogen-bond donors (Lipinski definition) is 2. The highest BCUT2D eigenvalue weighted by Crippen LogP contribution is 2.29. The van der Waals surface area contributed by atoms with Crippen molar-refractivity contribution in [3.63, 3.8) is 0 Å². The van der Waals surface area contributed by atoms with Crippen molar-refractivity contribution in [2.24, 2.45) is 0 Å². The van der Waals surface area contributed by atoms with Crippen LogP contribution in [0.25, 0.3) is 17.1 Å². The molecule has 0 spiro atoms. The van der Waals surface area contributed by atoms with Crippen LogP contribution in [0.1, 0.15) is 17.3 Å². The zero-order valence-electron chi connectivity index (χ0n) is 15.2. The van der Waals surface area contributed by atoms with E-state index < -0.39 is 24.0 Å². The van der Waals surface area contributed by atoms with Crippen LogP contribution in [0, 0.1) is 0 Å². The van der Waals surface area contributed by atoms with Crippen LogP contribution < -0.4 is 11.1 Å². The van der Waals surface area contributed by atoms with Gasteiger partial charge >= 0.3 is 18.1 Å². The summed E-state index contributed by atoms with van der Waals surface area (Å²) in [6, 6.07) is 6.68. The summed E-state index contributed by atoms with van der Waals surface area (Å²) in [4.78, 5) is 38.6. The van der Waals surface area contributed by atoms with Gasteiger partial charge < -0.3 is 20.2 Å². The standard InChI is InChI=1S/C18H13F3N4O5/c1-9(26)23-11-5-4-10(15(27)30-16(28)18(19,20)21)7-13(11)25-8-12(24-17(25)22)14-3-2-6-29-14/h2-8H,1H3,(H2,22,24)(H,23,26). The maximum atomic E-state index is 12.4. The molecule has 0 atom stereocenters. The highest BCUT2D eigenvalue weighted by molar-refractivity contribution is 6.00. The van der Waals surface area contributed by atoms with Gasteiger partial charge in [0.15, 0.2) is 5.76 Å². The van der Waals surface area contributed by atoms with E-state index in [0.717, 1.165) is 12.1 Å². The van der Waals surface area contributed by atoms with E-state index in [0.29, 0.717) is 11.5 Å². The summed E-state index contributed by atoms with van der Waals surface area (Å²) in [5, 5.41) is 2.51. The lowest BCUT2D eigenvalue weighted by molar-refractivity contribution is -0.193. The predicted octanol–water partition coefficient (Wildman–Crippen LogP) is 2.92. The number of imidazole rings is 1. The SMILES string of the molecule is CC(=O)Nc1ccc(C(=O)OC(=O)C(F)(F)F)cc1-n1cc(-c2ccco2)nc1N. The Labute approximate surface area is 166 Å². The second kappa shape index (κ2) is 7.73. The summed E-state index contributed by atoms with van der Waals surface area (Å²) in [6.45, 7) is 1.24. The zero-order valence-corrected chi connectivity index (χ0v) is 15.2. The molecular weight excluding hydrogens is 409 g/mol. The van der Waals surface area contributed by atoms with Gasteiger partial charge in [0.25, 0.3) is 0 Å². The number of esters is 2. The molecule has 156 valence electrons. The van der Waals surface area contributed by atoms with Gasteiger partial charge in [-0.2, -0.15) is 13.2 Å². The fourth-order valence-corrected chi connectivity index (χ4v) is 2.48. The van der Waals surface area contributed by atoms with Crippen LogP contribution in [0.3, 0.4) is 0 Å². The minimum Gasteiger partial charge on any atom is -0.463 e. The Morgan fingerprint density at radius 3 is 2.57 bits per heavy atom. The van der Waals surface area contributed by atoms with Crippen molar-refractivity contribution in [3.8, 4) is 17.1 Å². The molecule has 1 aromatic carbocycles. The minimum atomic E-state index is -5.33. The molecule has 0 saturated heterocycles. The van der Waals surface area contributed by atoms with Gasteiger partial charge in [0.2, 0.25) is 11.9 Å². The topological polar surface area (TPSA) is 129 Å². The van der Waals surface area contributed by atoms with Gasteiger partial charge in [-0.15, -0.1) is 0 Å². The van der Waals surface area contributed by atoms with Gasteiger partial charge in [-0.05, 0) is 30.3 Å². The van der Waals surface area contributed by atoms with E-state index in [-0.39, 0.29) is 22.9 Å². The number of carbonyl (C=O) groups excluding carboxylic acids is 3. The van der Waals surface area contributed by atoms with E-state index in [1.807, 2.05) is 0 Å². The second-order valence-corrected chi connectivity index (χ2v) is 5.92. The first-order valence-corrected chi connectivity index (χ1v) is 8.20. The Bertz CT molecular complexity index is 1120. The lowest BCUT2D eigenvalue weighted by Crippen LogP contribution is -2.28. The first-order valence-electron chi connectivity index (χ1n) is 8.20. The second-order valence-electron chi connectivity index (χ2n) is 5.92. The highest BCUT2D eigenvalue weighted by Gasteiger charge is 2.42. The Hall–Kier alpha value is -4.09. The number of furan rings is 1. The fraction of sp³-hybridized carbons (Fsp3) is 0.111. The van der Waals surface area contributed by atoms with Crippen LogP contribution in [0.15, 0.2) is 47.2 Å². The van der Waals surface area contributed by atoms with E-state index in [1.165, 1.54) is 30.0 Å². The number of nitrogens with zero attached hydrogens (tertiary/aromatic N) is 2. The van der Waals surface area contributed by atoms with Gasteiger partial charge in [-0.25, -0.2) is 14.6 Å². The van der Waals surface area contributed by atoms with Crippen LogP contribution in [-0.2, 0) is 14.3 Å².